The molecular formula is C2H3Cl2F3Te. The molecule has 0 unspecified atom stereocenters. The summed E-state index contributed by atoms with van der Waals surface area (Å²) in [5.41, 5.74) is 0. The van der Waals surface area contributed by atoms with Gasteiger partial charge in [-0.3, -0.25) is 0 Å². The Kier molecular flexibility index (Phi) is 2.77. The van der Waals surface area contributed by atoms with Crippen LogP contribution in [0.25, 0.3) is 0 Å². The first-order chi connectivity index (χ1) is 3.25. The third-order valence-corrected chi connectivity index (χ3v) is 5.07. The van der Waals surface area contributed by atoms with Crippen LogP contribution < -0.4 is 0 Å². The van der Waals surface area contributed by atoms with E-state index in [9.17, 15) is 13.2 Å². The van der Waals surface area contributed by atoms with Gasteiger partial charge in [-0.25, -0.2) is 0 Å². The molecule has 0 bridgehead atoms. The number of hydrogen-bond acceptors (Lipinski definition) is 0. The van der Waals surface area contributed by atoms with Crippen LogP contribution in [0.1, 0.15) is 0 Å². The van der Waals surface area contributed by atoms with Gasteiger partial charge in [0.25, 0.3) is 0 Å². The first kappa shape index (κ1) is 9.16. The molecule has 0 aromatic carbocycles. The summed E-state index contributed by atoms with van der Waals surface area (Å²) in [5, 5.41) is 0. The van der Waals surface area contributed by atoms with Crippen LogP contribution >= 0.6 is 17.9 Å². The van der Waals surface area contributed by atoms with Crippen molar-refractivity contribution in [2.24, 2.45) is 0 Å². The van der Waals surface area contributed by atoms with Crippen LogP contribution in [0, 0.1) is 0 Å². The Hall–Kier alpha value is 1.16. The molecule has 0 heterocycles. The molecule has 0 aliphatic heterocycles. The van der Waals surface area contributed by atoms with E-state index >= 15 is 0 Å². The molecule has 0 radical (unpaired) electrons. The average molecular weight is 283 g/mol. The van der Waals surface area contributed by atoms with Crippen LogP contribution in [0.3, 0.4) is 0 Å². The monoisotopic (exact) mass is 284 g/mol. The van der Waals surface area contributed by atoms with E-state index in [-0.39, 0.29) is 0 Å². The standard InChI is InChI=1S/C2H3Cl2F3Te/c1-8(3,4)2(5,6)7/h1H3. The Balaban J connectivity index is 4.02. The number of hydrogen-bond donors (Lipinski definition) is 0. The Morgan fingerprint density at radius 3 is 1.38 bits per heavy atom. The second kappa shape index (κ2) is 2.42. The molecule has 0 atom stereocenters. The van der Waals surface area contributed by atoms with Gasteiger partial charge in [-0.2, -0.15) is 0 Å². The molecule has 0 N–H and O–H groups in total. The molecule has 8 heavy (non-hydrogen) atoms. The third kappa shape index (κ3) is 2.63. The van der Waals surface area contributed by atoms with Gasteiger partial charge in [0.1, 0.15) is 0 Å². The summed E-state index contributed by atoms with van der Waals surface area (Å²) in [6.45, 7) is 0. The van der Waals surface area contributed by atoms with E-state index in [4.69, 9.17) is 17.9 Å². The first-order valence-corrected chi connectivity index (χ1v) is 10.9. The Morgan fingerprint density at radius 1 is 1.25 bits per heavy atom. The fourth-order valence-electron chi connectivity index (χ4n) is 0. The maximum atomic E-state index is 11.4. The molecular weight excluding hydrogens is 280 g/mol. The molecule has 0 aromatic heterocycles. The maximum absolute atomic E-state index is 11.4. The van der Waals surface area contributed by atoms with Crippen LogP contribution in [0.5, 0.6) is 0 Å². The van der Waals surface area contributed by atoms with Gasteiger partial charge in [0, 0.05) is 0 Å². The number of rotatable bonds is 0. The van der Waals surface area contributed by atoms with E-state index < -0.39 is 20.2 Å². The minimum atomic E-state index is -4.39. The zero-order chi connectivity index (χ0) is 7.00. The van der Waals surface area contributed by atoms with Gasteiger partial charge >= 0.3 is 56.2 Å². The topological polar surface area (TPSA) is 0 Å². The molecule has 0 saturated heterocycles. The van der Waals surface area contributed by atoms with E-state index in [1.165, 1.54) is 0 Å². The van der Waals surface area contributed by atoms with E-state index in [2.05, 4.69) is 0 Å². The molecule has 0 saturated carbocycles. The van der Waals surface area contributed by atoms with Crippen molar-refractivity contribution in [1.29, 1.82) is 0 Å². The predicted octanol–water partition coefficient (Wildman–Crippen LogP) is 2.64. The van der Waals surface area contributed by atoms with Gasteiger partial charge < -0.3 is 0 Å². The number of halogens is 5. The molecule has 0 aliphatic rings. The Bertz CT molecular complexity index is 70.3. The van der Waals surface area contributed by atoms with Crippen LogP contribution in [0.2, 0.25) is 4.97 Å². The van der Waals surface area contributed by atoms with Crippen molar-refractivity contribution in [2.75, 3.05) is 0 Å². The van der Waals surface area contributed by atoms with Gasteiger partial charge in [0.05, 0.1) is 0 Å². The van der Waals surface area contributed by atoms with Crippen molar-refractivity contribution in [3.05, 3.63) is 0 Å². The van der Waals surface area contributed by atoms with Crippen molar-refractivity contribution >= 4 is 33.9 Å². The van der Waals surface area contributed by atoms with Crippen LogP contribution in [0.4, 0.5) is 13.2 Å². The van der Waals surface area contributed by atoms with Crippen molar-refractivity contribution in [1.82, 2.24) is 0 Å². The first-order valence-electron chi connectivity index (χ1n) is 1.49. The Morgan fingerprint density at radius 2 is 1.38 bits per heavy atom. The molecule has 0 amide bonds. The van der Waals surface area contributed by atoms with E-state index in [1.807, 2.05) is 0 Å². The van der Waals surface area contributed by atoms with Crippen LogP contribution in [-0.2, 0) is 0 Å². The third-order valence-electron chi connectivity index (χ3n) is 0.406. The zero-order valence-corrected chi connectivity index (χ0v) is 7.64. The van der Waals surface area contributed by atoms with E-state index in [0.717, 1.165) is 4.97 Å². The summed E-state index contributed by atoms with van der Waals surface area (Å²) in [7, 11) is 9.68. The molecule has 0 fully saturated rings. The second-order valence-electron chi connectivity index (χ2n) is 1.17. The van der Waals surface area contributed by atoms with Gasteiger partial charge in [-0.1, -0.05) is 0 Å². The number of alkyl halides is 3. The molecule has 0 spiro atoms. The molecule has 0 rings (SSSR count). The van der Waals surface area contributed by atoms with Crippen molar-refractivity contribution in [3.63, 3.8) is 0 Å². The zero-order valence-electron chi connectivity index (χ0n) is 3.80. The summed E-state index contributed by atoms with van der Waals surface area (Å²) in [6.07, 6.45) is 0. The Labute approximate surface area is 56.2 Å². The van der Waals surface area contributed by atoms with Crippen LogP contribution in [-0.4, -0.2) is 20.2 Å². The molecule has 0 aromatic rings. The fraction of sp³-hybridized carbons (Fsp3) is 1.00. The fourth-order valence-corrected chi connectivity index (χ4v) is 0. The summed E-state index contributed by atoms with van der Waals surface area (Å²) in [4.78, 5) is 0.867. The summed E-state index contributed by atoms with van der Waals surface area (Å²) in [5.74, 6) is 0. The quantitative estimate of drug-likeness (QED) is 0.599. The molecule has 6 heteroatoms. The summed E-state index contributed by atoms with van der Waals surface area (Å²) >= 11 is -4.39. The van der Waals surface area contributed by atoms with Gasteiger partial charge in [-0.15, -0.1) is 0 Å². The molecule has 0 nitrogen and oxygen atoms in total. The predicted molar refractivity (Wildman–Crippen MR) is 29.4 cm³/mol. The minimum absolute atomic E-state index is 0.867. The van der Waals surface area contributed by atoms with Gasteiger partial charge in [-0.05, 0) is 0 Å². The van der Waals surface area contributed by atoms with Gasteiger partial charge in [0.15, 0.2) is 0 Å². The molecule has 0 aliphatic carbocycles. The van der Waals surface area contributed by atoms with E-state index in [1.54, 1.807) is 0 Å². The van der Waals surface area contributed by atoms with Crippen molar-refractivity contribution in [2.45, 2.75) is 9.20 Å². The van der Waals surface area contributed by atoms with Crippen LogP contribution in [0.15, 0.2) is 0 Å². The van der Waals surface area contributed by atoms with Crippen molar-refractivity contribution < 1.29 is 13.2 Å². The average Bonchev–Trinajstić information content (AvgIpc) is 1.25. The SMILES string of the molecule is C[Te](Cl)(Cl)C(F)(F)F. The normalized spacial score (nSPS) is 16.2. The summed E-state index contributed by atoms with van der Waals surface area (Å²) < 4.78 is 29.8. The molecule has 52 valence electrons. The summed E-state index contributed by atoms with van der Waals surface area (Å²) in [6, 6.07) is 0. The van der Waals surface area contributed by atoms with Crippen molar-refractivity contribution in [3.8, 4) is 0 Å². The second-order valence-corrected chi connectivity index (χ2v) is 16.0. The van der Waals surface area contributed by atoms with E-state index in [0.29, 0.717) is 0 Å². The van der Waals surface area contributed by atoms with Gasteiger partial charge in [0.2, 0.25) is 0 Å².